The molecule has 0 unspecified atom stereocenters. The molecule has 4 rings (SSSR count). The molecular weight excluding hydrogens is 410 g/mol. The van der Waals surface area contributed by atoms with E-state index in [4.69, 9.17) is 4.74 Å². The van der Waals surface area contributed by atoms with Gasteiger partial charge in [0, 0.05) is 24.5 Å². The first-order valence-corrected chi connectivity index (χ1v) is 10.7. The molecule has 1 saturated heterocycles. The van der Waals surface area contributed by atoms with Gasteiger partial charge in [-0.3, -0.25) is 9.69 Å². The molecule has 2 heterocycles. The lowest BCUT2D eigenvalue weighted by Crippen LogP contribution is -2.37. The molecule has 2 aliphatic rings. The Morgan fingerprint density at radius 3 is 2.81 bits per heavy atom. The standard InChI is InChI=1S/C23H25N5O4/c1-14(2)23(13-24)8-10-28(21(23)31)19-7-9-25-22(27-19)26-16-5-6-17(20(29)30)18(11-16)32-12-15-3-4-15/h5-7,9,11,14-15H,3-4,8,10,12H2,1-2H3,(H,29,30)(H,25,26,27)/t23-/m1/s1. The Labute approximate surface area is 186 Å². The van der Waals surface area contributed by atoms with Gasteiger partial charge < -0.3 is 15.2 Å². The predicted octanol–water partition coefficient (Wildman–Crippen LogP) is 3.61. The summed E-state index contributed by atoms with van der Waals surface area (Å²) in [5.41, 5.74) is -0.381. The second kappa shape index (κ2) is 8.46. The lowest BCUT2D eigenvalue weighted by atomic mass is 9.77. The van der Waals surface area contributed by atoms with Crippen molar-refractivity contribution in [1.29, 1.82) is 5.26 Å². The summed E-state index contributed by atoms with van der Waals surface area (Å²) >= 11 is 0. The van der Waals surface area contributed by atoms with E-state index < -0.39 is 11.4 Å². The number of benzene rings is 1. The molecule has 1 aromatic carbocycles. The topological polar surface area (TPSA) is 128 Å². The maximum Gasteiger partial charge on any atom is 0.339 e. The monoisotopic (exact) mass is 435 g/mol. The summed E-state index contributed by atoms with van der Waals surface area (Å²) < 4.78 is 5.73. The van der Waals surface area contributed by atoms with Crippen LogP contribution in [0.1, 0.15) is 43.5 Å². The molecular formula is C23H25N5O4. The number of hydrogen-bond acceptors (Lipinski definition) is 7. The third-order valence-corrected chi connectivity index (χ3v) is 6.10. The summed E-state index contributed by atoms with van der Waals surface area (Å²) in [5.74, 6) is 0.0311. The zero-order valence-corrected chi connectivity index (χ0v) is 18.0. The molecule has 2 fully saturated rings. The molecule has 166 valence electrons. The van der Waals surface area contributed by atoms with E-state index >= 15 is 0 Å². The first-order chi connectivity index (χ1) is 15.3. The Kier molecular flexibility index (Phi) is 5.70. The molecule has 1 aliphatic heterocycles. The molecule has 2 aromatic rings. The van der Waals surface area contributed by atoms with Crippen LogP contribution >= 0.6 is 0 Å². The summed E-state index contributed by atoms with van der Waals surface area (Å²) in [6.45, 7) is 4.65. The van der Waals surface area contributed by atoms with Gasteiger partial charge in [-0.25, -0.2) is 9.78 Å². The molecule has 1 atom stereocenters. The van der Waals surface area contributed by atoms with Crippen molar-refractivity contribution in [1.82, 2.24) is 9.97 Å². The normalized spacial score (nSPS) is 20.3. The molecule has 0 radical (unpaired) electrons. The number of hydrogen-bond donors (Lipinski definition) is 2. The van der Waals surface area contributed by atoms with Crippen molar-refractivity contribution >= 4 is 29.3 Å². The highest BCUT2D eigenvalue weighted by atomic mass is 16.5. The average Bonchev–Trinajstić information content (AvgIpc) is 3.53. The van der Waals surface area contributed by atoms with Crippen molar-refractivity contribution in [3.63, 3.8) is 0 Å². The lowest BCUT2D eigenvalue weighted by molar-refractivity contribution is -0.124. The number of carboxylic acid groups (broad SMARTS) is 1. The fraction of sp³-hybridized carbons (Fsp3) is 0.435. The number of carbonyl (C=O) groups is 2. The highest BCUT2D eigenvalue weighted by molar-refractivity contribution is 6.01. The molecule has 2 N–H and O–H groups in total. The van der Waals surface area contributed by atoms with E-state index in [1.165, 1.54) is 17.2 Å². The van der Waals surface area contributed by atoms with Gasteiger partial charge in [0.25, 0.3) is 0 Å². The van der Waals surface area contributed by atoms with Crippen LogP contribution < -0.4 is 15.0 Å². The molecule has 1 saturated carbocycles. The minimum absolute atomic E-state index is 0.0926. The smallest absolute Gasteiger partial charge is 0.339 e. The number of aromatic nitrogens is 2. The van der Waals surface area contributed by atoms with Crippen LogP contribution in [0.15, 0.2) is 30.5 Å². The lowest BCUT2D eigenvalue weighted by Gasteiger charge is -2.24. The highest BCUT2D eigenvalue weighted by Gasteiger charge is 2.50. The second-order valence-electron chi connectivity index (χ2n) is 8.58. The number of aromatic carboxylic acids is 1. The maximum absolute atomic E-state index is 13.0. The third-order valence-electron chi connectivity index (χ3n) is 6.10. The van der Waals surface area contributed by atoms with Crippen LogP contribution in [0.25, 0.3) is 0 Å². The molecule has 1 aliphatic carbocycles. The van der Waals surface area contributed by atoms with E-state index in [1.807, 2.05) is 13.8 Å². The number of carbonyl (C=O) groups excluding carboxylic acids is 1. The van der Waals surface area contributed by atoms with E-state index in [9.17, 15) is 20.0 Å². The van der Waals surface area contributed by atoms with Crippen molar-refractivity contribution in [2.24, 2.45) is 17.3 Å². The maximum atomic E-state index is 13.0. The fourth-order valence-electron chi connectivity index (χ4n) is 3.80. The van der Waals surface area contributed by atoms with Crippen LogP contribution in [0.3, 0.4) is 0 Å². The predicted molar refractivity (Wildman–Crippen MR) is 117 cm³/mol. The Hall–Kier alpha value is -3.67. The molecule has 0 spiro atoms. The molecule has 1 aromatic heterocycles. The van der Waals surface area contributed by atoms with Gasteiger partial charge in [-0.05, 0) is 49.3 Å². The van der Waals surface area contributed by atoms with Crippen molar-refractivity contribution in [2.45, 2.75) is 33.1 Å². The zero-order valence-electron chi connectivity index (χ0n) is 18.0. The van der Waals surface area contributed by atoms with Crippen LogP contribution in [-0.4, -0.2) is 40.1 Å². The van der Waals surface area contributed by atoms with Gasteiger partial charge in [-0.1, -0.05) is 13.8 Å². The molecule has 9 nitrogen and oxygen atoms in total. The van der Waals surface area contributed by atoms with Gasteiger partial charge in [-0.15, -0.1) is 0 Å². The number of ether oxygens (including phenoxy) is 1. The summed E-state index contributed by atoms with van der Waals surface area (Å²) in [4.78, 5) is 34.7. The third kappa shape index (κ3) is 4.08. The number of amides is 1. The van der Waals surface area contributed by atoms with Crippen LogP contribution in [-0.2, 0) is 4.79 Å². The van der Waals surface area contributed by atoms with E-state index in [1.54, 1.807) is 18.2 Å². The van der Waals surface area contributed by atoms with Gasteiger partial charge in [0.15, 0.2) is 0 Å². The number of rotatable bonds is 8. The number of nitrogens with one attached hydrogen (secondary N) is 1. The Morgan fingerprint density at radius 2 is 2.19 bits per heavy atom. The summed E-state index contributed by atoms with van der Waals surface area (Å²) in [7, 11) is 0. The van der Waals surface area contributed by atoms with E-state index in [0.29, 0.717) is 37.0 Å². The van der Waals surface area contributed by atoms with E-state index in [2.05, 4.69) is 21.4 Å². The minimum Gasteiger partial charge on any atom is -0.492 e. The molecule has 1 amide bonds. The van der Waals surface area contributed by atoms with Gasteiger partial charge in [0.1, 0.15) is 22.5 Å². The van der Waals surface area contributed by atoms with Crippen LogP contribution in [0.5, 0.6) is 5.75 Å². The minimum atomic E-state index is -1.06. The van der Waals surface area contributed by atoms with Crippen molar-refractivity contribution in [3.8, 4) is 11.8 Å². The number of nitriles is 1. The van der Waals surface area contributed by atoms with Crippen molar-refractivity contribution in [3.05, 3.63) is 36.0 Å². The van der Waals surface area contributed by atoms with E-state index in [0.717, 1.165) is 12.8 Å². The Balaban J connectivity index is 1.54. The van der Waals surface area contributed by atoms with Gasteiger partial charge in [0.05, 0.1) is 12.7 Å². The highest BCUT2D eigenvalue weighted by Crippen LogP contribution is 2.40. The Morgan fingerprint density at radius 1 is 1.41 bits per heavy atom. The number of carboxylic acids is 1. The van der Waals surface area contributed by atoms with Gasteiger partial charge >= 0.3 is 5.97 Å². The summed E-state index contributed by atoms with van der Waals surface area (Å²) in [6.07, 6.45) is 4.18. The van der Waals surface area contributed by atoms with E-state index in [-0.39, 0.29) is 29.1 Å². The molecule has 32 heavy (non-hydrogen) atoms. The SMILES string of the molecule is CC(C)[C@]1(C#N)CCN(c2ccnc(Nc3ccc(C(=O)O)c(OCC4CC4)c3)n2)C1=O. The van der Waals surface area contributed by atoms with Crippen molar-refractivity contribution in [2.75, 3.05) is 23.4 Å². The largest absolute Gasteiger partial charge is 0.492 e. The quantitative estimate of drug-likeness (QED) is 0.643. The summed E-state index contributed by atoms with van der Waals surface area (Å²) in [6, 6.07) is 8.55. The van der Waals surface area contributed by atoms with Crippen LogP contribution in [0, 0.1) is 28.6 Å². The second-order valence-corrected chi connectivity index (χ2v) is 8.58. The van der Waals surface area contributed by atoms with Gasteiger partial charge in [0.2, 0.25) is 11.9 Å². The first-order valence-electron chi connectivity index (χ1n) is 10.7. The molecule has 0 bridgehead atoms. The zero-order chi connectivity index (χ0) is 22.9. The van der Waals surface area contributed by atoms with Gasteiger partial charge in [-0.2, -0.15) is 10.2 Å². The fourth-order valence-corrected chi connectivity index (χ4v) is 3.80. The Bertz CT molecular complexity index is 1090. The van der Waals surface area contributed by atoms with Crippen LogP contribution in [0.4, 0.5) is 17.5 Å². The van der Waals surface area contributed by atoms with Crippen LogP contribution in [0.2, 0.25) is 0 Å². The number of nitrogens with zero attached hydrogens (tertiary/aromatic N) is 4. The molecule has 9 heteroatoms. The average molecular weight is 435 g/mol. The first kappa shape index (κ1) is 21.6. The summed E-state index contributed by atoms with van der Waals surface area (Å²) in [5, 5.41) is 22.1. The number of anilines is 3. The van der Waals surface area contributed by atoms with Crippen molar-refractivity contribution < 1.29 is 19.4 Å².